The van der Waals surface area contributed by atoms with Crippen LogP contribution in [0.1, 0.15) is 54.2 Å². The van der Waals surface area contributed by atoms with E-state index < -0.39 is 0 Å². The Morgan fingerprint density at radius 2 is 1.93 bits per heavy atom. The number of nitrogens with zero attached hydrogens (tertiary/aromatic N) is 1. The third kappa shape index (κ3) is 5.51. The summed E-state index contributed by atoms with van der Waals surface area (Å²) in [6.45, 7) is 7.53. The SMILES string of the molecule is COc1ccc(OC)c(C(C)NC(=O)c2ccc(CN3CCCC(C)C3)cc2)c1. The number of benzene rings is 2. The number of likely N-dealkylation sites (tertiary alicyclic amines) is 1. The second-order valence-corrected chi connectivity index (χ2v) is 7.98. The van der Waals surface area contributed by atoms with Gasteiger partial charge in [0.25, 0.3) is 5.91 Å². The van der Waals surface area contributed by atoms with E-state index in [0.29, 0.717) is 5.56 Å². The number of nitrogens with one attached hydrogen (secondary N) is 1. The Labute approximate surface area is 174 Å². The fourth-order valence-electron chi connectivity index (χ4n) is 3.99. The van der Waals surface area contributed by atoms with E-state index in [1.807, 2.05) is 37.3 Å². The molecule has 2 aromatic carbocycles. The highest BCUT2D eigenvalue weighted by Gasteiger charge is 2.18. The van der Waals surface area contributed by atoms with Gasteiger partial charge in [0.2, 0.25) is 0 Å². The van der Waals surface area contributed by atoms with E-state index in [-0.39, 0.29) is 11.9 Å². The van der Waals surface area contributed by atoms with Crippen molar-refractivity contribution < 1.29 is 14.3 Å². The fourth-order valence-corrected chi connectivity index (χ4v) is 3.99. The van der Waals surface area contributed by atoms with Gasteiger partial charge in [-0.25, -0.2) is 0 Å². The highest BCUT2D eigenvalue weighted by atomic mass is 16.5. The number of hydrogen-bond donors (Lipinski definition) is 1. The minimum absolute atomic E-state index is 0.0967. The zero-order valence-corrected chi connectivity index (χ0v) is 17.9. The first-order valence-corrected chi connectivity index (χ1v) is 10.3. The summed E-state index contributed by atoms with van der Waals surface area (Å²) < 4.78 is 10.7. The van der Waals surface area contributed by atoms with Crippen molar-refractivity contribution in [1.82, 2.24) is 10.2 Å². The molecule has 29 heavy (non-hydrogen) atoms. The maximum Gasteiger partial charge on any atom is 0.251 e. The van der Waals surface area contributed by atoms with Gasteiger partial charge in [-0.2, -0.15) is 0 Å². The molecular formula is C24H32N2O3. The highest BCUT2D eigenvalue weighted by molar-refractivity contribution is 5.94. The summed E-state index contributed by atoms with van der Waals surface area (Å²) in [5.41, 5.74) is 2.80. The van der Waals surface area contributed by atoms with Gasteiger partial charge in [0.05, 0.1) is 20.3 Å². The number of amides is 1. The molecule has 0 aromatic heterocycles. The van der Waals surface area contributed by atoms with Crippen molar-refractivity contribution in [1.29, 1.82) is 0 Å². The summed E-state index contributed by atoms with van der Waals surface area (Å²) >= 11 is 0. The van der Waals surface area contributed by atoms with E-state index in [2.05, 4.69) is 29.3 Å². The molecule has 2 unspecified atom stereocenters. The molecule has 1 heterocycles. The maximum absolute atomic E-state index is 12.7. The van der Waals surface area contributed by atoms with Crippen LogP contribution in [0.25, 0.3) is 0 Å². The second kappa shape index (κ2) is 9.79. The molecule has 0 spiro atoms. The minimum atomic E-state index is -0.206. The fraction of sp³-hybridized carbons (Fsp3) is 0.458. The molecule has 0 radical (unpaired) electrons. The van der Waals surface area contributed by atoms with Crippen LogP contribution >= 0.6 is 0 Å². The highest BCUT2D eigenvalue weighted by Crippen LogP contribution is 2.29. The van der Waals surface area contributed by atoms with Gasteiger partial charge >= 0.3 is 0 Å². The number of hydrogen-bond acceptors (Lipinski definition) is 4. The summed E-state index contributed by atoms with van der Waals surface area (Å²) in [5.74, 6) is 2.13. The third-order valence-electron chi connectivity index (χ3n) is 5.61. The van der Waals surface area contributed by atoms with Gasteiger partial charge in [-0.05, 0) is 68.1 Å². The van der Waals surface area contributed by atoms with Gasteiger partial charge in [-0.3, -0.25) is 9.69 Å². The molecule has 1 saturated heterocycles. The summed E-state index contributed by atoms with van der Waals surface area (Å²) in [7, 11) is 3.25. The largest absolute Gasteiger partial charge is 0.497 e. The smallest absolute Gasteiger partial charge is 0.251 e. The quantitative estimate of drug-likeness (QED) is 0.752. The van der Waals surface area contributed by atoms with Gasteiger partial charge in [0.15, 0.2) is 0 Å². The van der Waals surface area contributed by atoms with E-state index in [9.17, 15) is 4.79 Å². The standard InChI is InChI=1S/C24H32N2O3/c1-17-6-5-13-26(15-17)16-19-7-9-20(10-8-19)24(27)25-18(2)22-14-21(28-3)11-12-23(22)29-4/h7-12,14,17-18H,5-6,13,15-16H2,1-4H3,(H,25,27). The maximum atomic E-state index is 12.7. The van der Waals surface area contributed by atoms with Crippen LogP contribution in [0.15, 0.2) is 42.5 Å². The third-order valence-corrected chi connectivity index (χ3v) is 5.61. The van der Waals surface area contributed by atoms with Crippen molar-refractivity contribution in [2.45, 2.75) is 39.3 Å². The van der Waals surface area contributed by atoms with Crippen LogP contribution in [0.5, 0.6) is 11.5 Å². The number of carbonyl (C=O) groups excluding carboxylic acids is 1. The number of methoxy groups -OCH3 is 2. The molecule has 3 rings (SSSR count). The van der Waals surface area contributed by atoms with Crippen molar-refractivity contribution in [3.8, 4) is 11.5 Å². The van der Waals surface area contributed by atoms with E-state index >= 15 is 0 Å². The van der Waals surface area contributed by atoms with Crippen LogP contribution in [0.4, 0.5) is 0 Å². The molecule has 5 nitrogen and oxygen atoms in total. The van der Waals surface area contributed by atoms with Crippen LogP contribution in [0.3, 0.4) is 0 Å². The van der Waals surface area contributed by atoms with E-state index in [0.717, 1.165) is 42.6 Å². The van der Waals surface area contributed by atoms with Crippen LogP contribution in [-0.2, 0) is 6.54 Å². The molecular weight excluding hydrogens is 364 g/mol. The molecule has 2 aromatic rings. The second-order valence-electron chi connectivity index (χ2n) is 7.98. The zero-order valence-electron chi connectivity index (χ0n) is 17.9. The first-order valence-electron chi connectivity index (χ1n) is 10.3. The minimum Gasteiger partial charge on any atom is -0.497 e. The molecule has 1 N–H and O–H groups in total. The predicted molar refractivity (Wildman–Crippen MR) is 116 cm³/mol. The van der Waals surface area contributed by atoms with Crippen LogP contribution in [0, 0.1) is 5.92 Å². The number of piperidine rings is 1. The van der Waals surface area contributed by atoms with Gasteiger partial charge < -0.3 is 14.8 Å². The Kier molecular flexibility index (Phi) is 7.15. The summed E-state index contributed by atoms with van der Waals surface area (Å²) in [4.78, 5) is 15.2. The van der Waals surface area contributed by atoms with Gasteiger partial charge in [-0.15, -0.1) is 0 Å². The Hall–Kier alpha value is -2.53. The lowest BCUT2D eigenvalue weighted by Gasteiger charge is -2.30. The van der Waals surface area contributed by atoms with E-state index in [4.69, 9.17) is 9.47 Å². The molecule has 0 aliphatic carbocycles. The summed E-state index contributed by atoms with van der Waals surface area (Å²) in [5, 5.41) is 3.06. The van der Waals surface area contributed by atoms with Gasteiger partial charge in [0.1, 0.15) is 11.5 Å². The normalized spacial score (nSPS) is 18.1. The Balaban J connectivity index is 1.63. The van der Waals surface area contributed by atoms with Crippen LogP contribution in [0.2, 0.25) is 0 Å². The molecule has 1 amide bonds. The van der Waals surface area contributed by atoms with Crippen LogP contribution in [-0.4, -0.2) is 38.1 Å². The first kappa shape index (κ1) is 21.2. The Bertz CT molecular complexity index is 819. The number of rotatable bonds is 7. The van der Waals surface area contributed by atoms with E-state index in [1.165, 1.54) is 18.4 Å². The van der Waals surface area contributed by atoms with Gasteiger partial charge in [0, 0.05) is 24.2 Å². The van der Waals surface area contributed by atoms with E-state index in [1.54, 1.807) is 14.2 Å². The molecule has 5 heteroatoms. The topological polar surface area (TPSA) is 50.8 Å². The monoisotopic (exact) mass is 396 g/mol. The zero-order chi connectivity index (χ0) is 20.8. The van der Waals surface area contributed by atoms with Crippen molar-refractivity contribution in [2.75, 3.05) is 27.3 Å². The average Bonchev–Trinajstić information content (AvgIpc) is 2.73. The molecule has 2 atom stereocenters. The van der Waals surface area contributed by atoms with Crippen molar-refractivity contribution in [3.63, 3.8) is 0 Å². The van der Waals surface area contributed by atoms with Crippen molar-refractivity contribution >= 4 is 5.91 Å². The number of ether oxygens (including phenoxy) is 2. The molecule has 1 fully saturated rings. The van der Waals surface area contributed by atoms with Crippen LogP contribution < -0.4 is 14.8 Å². The molecule has 0 bridgehead atoms. The summed E-state index contributed by atoms with van der Waals surface area (Å²) in [6.07, 6.45) is 2.60. The van der Waals surface area contributed by atoms with Crippen molar-refractivity contribution in [2.24, 2.45) is 5.92 Å². The molecule has 156 valence electrons. The number of carbonyl (C=O) groups is 1. The molecule has 0 saturated carbocycles. The van der Waals surface area contributed by atoms with Gasteiger partial charge in [-0.1, -0.05) is 19.1 Å². The molecule has 1 aliphatic rings. The predicted octanol–water partition coefficient (Wildman–Crippen LogP) is 4.43. The first-order chi connectivity index (χ1) is 14.0. The lowest BCUT2D eigenvalue weighted by molar-refractivity contribution is 0.0939. The van der Waals surface area contributed by atoms with Crippen molar-refractivity contribution in [3.05, 3.63) is 59.2 Å². The average molecular weight is 397 g/mol. The summed E-state index contributed by atoms with van der Waals surface area (Å²) in [6, 6.07) is 13.3. The molecule has 1 aliphatic heterocycles. The lowest BCUT2D eigenvalue weighted by atomic mass is 9.99. The lowest BCUT2D eigenvalue weighted by Crippen LogP contribution is -2.33. The Morgan fingerprint density at radius 3 is 2.59 bits per heavy atom. The Morgan fingerprint density at radius 1 is 1.17 bits per heavy atom.